The Kier molecular flexibility index (Phi) is 5.77. The van der Waals surface area contributed by atoms with E-state index in [1.807, 2.05) is 16.7 Å². The zero-order valence-corrected chi connectivity index (χ0v) is 14.4. The van der Waals surface area contributed by atoms with Crippen LogP contribution in [0.5, 0.6) is 5.75 Å². The first kappa shape index (κ1) is 16.6. The van der Waals surface area contributed by atoms with E-state index in [9.17, 15) is 0 Å². The molecule has 0 N–H and O–H groups in total. The highest BCUT2D eigenvalue weighted by atomic mass is 35.5. The molecule has 0 amide bonds. The summed E-state index contributed by atoms with van der Waals surface area (Å²) in [7, 11) is 1.70. The predicted molar refractivity (Wildman–Crippen MR) is 87.8 cm³/mol. The molecule has 1 aliphatic heterocycles. The number of thioether (sulfide) groups is 1. The zero-order chi connectivity index (χ0) is 16.1. The first-order chi connectivity index (χ1) is 11.3. The van der Waals surface area contributed by atoms with Gasteiger partial charge in [0.1, 0.15) is 12.1 Å². The fourth-order valence-corrected chi connectivity index (χ4v) is 3.57. The normalized spacial score (nSPS) is 13.7. The summed E-state index contributed by atoms with van der Waals surface area (Å²) < 4.78 is 18.1. The summed E-state index contributed by atoms with van der Waals surface area (Å²) in [6.07, 6.45) is 2.67. The van der Waals surface area contributed by atoms with E-state index in [1.165, 1.54) is 0 Å². The monoisotopic (exact) mass is 355 g/mol. The Hall–Kier alpha value is -1.28. The van der Waals surface area contributed by atoms with Gasteiger partial charge in [-0.15, -0.1) is 10.2 Å². The Labute approximate surface area is 144 Å². The number of benzene rings is 1. The molecule has 6 nitrogen and oxygen atoms in total. The number of ether oxygens (including phenoxy) is 3. The number of rotatable bonds is 7. The maximum absolute atomic E-state index is 6.19. The summed E-state index contributed by atoms with van der Waals surface area (Å²) in [4.78, 5) is 0. The molecule has 0 fully saturated rings. The fraction of sp³-hybridized carbons (Fsp3) is 0.467. The highest BCUT2D eigenvalue weighted by Gasteiger charge is 2.17. The lowest BCUT2D eigenvalue weighted by Crippen LogP contribution is -2.13. The van der Waals surface area contributed by atoms with Crippen LogP contribution in [0.15, 0.2) is 23.6 Å². The number of hydrogen-bond acceptors (Lipinski definition) is 6. The number of aryl methyl sites for hydroxylation is 1. The molecule has 0 radical (unpaired) electrons. The Morgan fingerprint density at radius 3 is 3.22 bits per heavy atom. The fourth-order valence-electron chi connectivity index (χ4n) is 2.39. The van der Waals surface area contributed by atoms with E-state index >= 15 is 0 Å². The molecule has 0 saturated heterocycles. The van der Waals surface area contributed by atoms with Crippen LogP contribution in [-0.4, -0.2) is 35.3 Å². The Morgan fingerprint density at radius 2 is 2.35 bits per heavy atom. The summed E-state index contributed by atoms with van der Waals surface area (Å²) >= 11 is 7.81. The van der Waals surface area contributed by atoms with Gasteiger partial charge in [-0.1, -0.05) is 23.4 Å². The predicted octanol–water partition coefficient (Wildman–Crippen LogP) is 3.13. The van der Waals surface area contributed by atoms with Gasteiger partial charge >= 0.3 is 0 Å². The average Bonchev–Trinajstić information content (AvgIpc) is 3.00. The molecule has 0 atom stereocenters. The minimum Gasteiger partial charge on any atom is -0.467 e. The van der Waals surface area contributed by atoms with Crippen LogP contribution in [0.2, 0.25) is 5.02 Å². The van der Waals surface area contributed by atoms with E-state index < -0.39 is 0 Å². The van der Waals surface area contributed by atoms with Gasteiger partial charge in [-0.25, -0.2) is 0 Å². The van der Waals surface area contributed by atoms with Crippen molar-refractivity contribution in [3.8, 4) is 5.75 Å². The van der Waals surface area contributed by atoms with Crippen molar-refractivity contribution in [3.05, 3.63) is 34.6 Å². The lowest BCUT2D eigenvalue weighted by molar-refractivity contribution is -0.0168. The molecule has 1 aromatic carbocycles. The number of halogens is 1. The van der Waals surface area contributed by atoms with E-state index in [-0.39, 0.29) is 6.79 Å². The molecular weight excluding hydrogens is 338 g/mol. The molecule has 0 spiro atoms. The largest absolute Gasteiger partial charge is 0.467 e. The second-order valence-corrected chi connectivity index (χ2v) is 6.48. The second-order valence-electron chi connectivity index (χ2n) is 5.11. The molecule has 124 valence electrons. The van der Waals surface area contributed by atoms with Crippen LogP contribution < -0.4 is 4.74 Å². The van der Waals surface area contributed by atoms with Gasteiger partial charge in [0.2, 0.25) is 0 Å². The lowest BCUT2D eigenvalue weighted by atomic mass is 10.1. The van der Waals surface area contributed by atoms with Crippen LogP contribution in [0.4, 0.5) is 0 Å². The van der Waals surface area contributed by atoms with Gasteiger partial charge < -0.3 is 18.8 Å². The van der Waals surface area contributed by atoms with Crippen molar-refractivity contribution in [2.45, 2.75) is 30.5 Å². The molecule has 0 saturated carbocycles. The van der Waals surface area contributed by atoms with Gasteiger partial charge in [0.15, 0.2) is 11.9 Å². The minimum absolute atomic E-state index is 0.277. The van der Waals surface area contributed by atoms with Crippen LogP contribution in [0.25, 0.3) is 0 Å². The van der Waals surface area contributed by atoms with Crippen molar-refractivity contribution >= 4 is 23.4 Å². The first-order valence-electron chi connectivity index (χ1n) is 7.29. The van der Waals surface area contributed by atoms with Gasteiger partial charge in [-0.2, -0.15) is 0 Å². The molecule has 8 heteroatoms. The van der Waals surface area contributed by atoms with E-state index in [1.54, 1.807) is 25.2 Å². The summed E-state index contributed by atoms with van der Waals surface area (Å²) in [5.41, 5.74) is 2.04. The maximum Gasteiger partial charge on any atom is 0.191 e. The molecule has 3 rings (SSSR count). The van der Waals surface area contributed by atoms with E-state index in [2.05, 4.69) is 10.2 Å². The van der Waals surface area contributed by atoms with Gasteiger partial charge in [-0.3, -0.25) is 0 Å². The topological polar surface area (TPSA) is 58.4 Å². The quantitative estimate of drug-likeness (QED) is 0.561. The summed E-state index contributed by atoms with van der Waals surface area (Å²) in [5, 5.41) is 9.74. The zero-order valence-electron chi connectivity index (χ0n) is 12.8. The highest BCUT2D eigenvalue weighted by Crippen LogP contribution is 2.35. The van der Waals surface area contributed by atoms with Gasteiger partial charge in [-0.05, 0) is 18.6 Å². The lowest BCUT2D eigenvalue weighted by Gasteiger charge is -2.21. The molecule has 0 unspecified atom stereocenters. The van der Waals surface area contributed by atoms with Crippen LogP contribution in [0.1, 0.15) is 17.5 Å². The van der Waals surface area contributed by atoms with Crippen molar-refractivity contribution in [1.29, 1.82) is 0 Å². The molecule has 2 heterocycles. The Morgan fingerprint density at radius 1 is 1.43 bits per heavy atom. The first-order valence-corrected chi connectivity index (χ1v) is 8.65. The molecule has 0 bridgehead atoms. The van der Waals surface area contributed by atoms with Crippen LogP contribution in [0.3, 0.4) is 0 Å². The van der Waals surface area contributed by atoms with Crippen LogP contribution in [0, 0.1) is 0 Å². The summed E-state index contributed by atoms with van der Waals surface area (Å²) in [6.45, 7) is 2.36. The smallest absolute Gasteiger partial charge is 0.191 e. The second kappa shape index (κ2) is 8.01. The molecule has 1 aromatic heterocycles. The van der Waals surface area contributed by atoms with Crippen molar-refractivity contribution in [3.63, 3.8) is 0 Å². The molecule has 1 aliphatic rings. The van der Waals surface area contributed by atoms with Gasteiger partial charge in [0.05, 0.1) is 6.61 Å². The average molecular weight is 356 g/mol. The van der Waals surface area contributed by atoms with Gasteiger partial charge in [0, 0.05) is 42.2 Å². The van der Waals surface area contributed by atoms with Crippen LogP contribution in [-0.2, 0) is 28.4 Å². The number of methoxy groups -OCH3 is 1. The van der Waals surface area contributed by atoms with Crippen molar-refractivity contribution in [2.24, 2.45) is 0 Å². The SMILES string of the molecule is COCCCn1cnnc1SCc1cc(Cl)cc2c1OCOC2. The van der Waals surface area contributed by atoms with Crippen molar-refractivity contribution in [2.75, 3.05) is 20.5 Å². The molecule has 0 aliphatic carbocycles. The summed E-state index contributed by atoms with van der Waals surface area (Å²) in [6, 6.07) is 3.82. The number of fused-ring (bicyclic) bond motifs is 1. The molecule has 2 aromatic rings. The maximum atomic E-state index is 6.19. The third-order valence-corrected chi connectivity index (χ3v) is 4.68. The molecule has 23 heavy (non-hydrogen) atoms. The third kappa shape index (κ3) is 4.17. The highest BCUT2D eigenvalue weighted by molar-refractivity contribution is 7.98. The molecular formula is C15H18ClN3O3S. The Bertz CT molecular complexity index is 665. The van der Waals surface area contributed by atoms with Gasteiger partial charge in [0.25, 0.3) is 0 Å². The third-order valence-electron chi connectivity index (χ3n) is 3.44. The summed E-state index contributed by atoms with van der Waals surface area (Å²) in [5.74, 6) is 1.59. The number of hydrogen-bond donors (Lipinski definition) is 0. The number of nitrogens with zero attached hydrogens (tertiary/aromatic N) is 3. The van der Waals surface area contributed by atoms with Crippen LogP contribution >= 0.6 is 23.4 Å². The van der Waals surface area contributed by atoms with E-state index in [4.69, 9.17) is 25.8 Å². The minimum atomic E-state index is 0.277. The Balaban J connectivity index is 1.69. The standard InChI is InChI=1S/C15H18ClN3O3S/c1-20-4-2-3-19-9-17-18-15(19)23-8-12-6-13(16)5-11-7-21-10-22-14(11)12/h5-6,9H,2-4,7-8,10H2,1H3. The number of aromatic nitrogens is 3. The van der Waals surface area contributed by atoms with Crippen molar-refractivity contribution in [1.82, 2.24) is 14.8 Å². The van der Waals surface area contributed by atoms with Crippen molar-refractivity contribution < 1.29 is 14.2 Å². The van der Waals surface area contributed by atoms with E-state index in [0.717, 1.165) is 41.6 Å². The van der Waals surface area contributed by atoms with E-state index in [0.29, 0.717) is 17.4 Å².